The maximum atomic E-state index is 13.2. The van der Waals surface area contributed by atoms with Crippen LogP contribution in [-0.2, 0) is 10.2 Å². The van der Waals surface area contributed by atoms with Gasteiger partial charge in [0.1, 0.15) is 17.2 Å². The molecule has 1 fully saturated rings. The van der Waals surface area contributed by atoms with Gasteiger partial charge >= 0.3 is 5.97 Å². The Morgan fingerprint density at radius 2 is 1.62 bits per heavy atom. The van der Waals surface area contributed by atoms with Crippen molar-refractivity contribution >= 4 is 29.9 Å². The largest absolute Gasteiger partial charge is 0.478 e. The van der Waals surface area contributed by atoms with Crippen molar-refractivity contribution in [3.8, 4) is 11.5 Å². The number of carboxylic acids is 1. The summed E-state index contributed by atoms with van der Waals surface area (Å²) in [6, 6.07) is 20.3. The molecule has 0 aromatic heterocycles. The van der Waals surface area contributed by atoms with E-state index < -0.39 is 5.97 Å². The molecule has 1 amide bonds. The summed E-state index contributed by atoms with van der Waals surface area (Å²) in [5.74, 6) is 0.900. The topological polar surface area (TPSA) is 88.0 Å². The molecular weight excluding hydrogens is 500 g/mol. The minimum absolute atomic E-state index is 0.0707. The number of anilines is 1. The molecule has 0 saturated heterocycles. The molecule has 3 aromatic carbocycles. The van der Waals surface area contributed by atoms with Crippen LogP contribution < -0.4 is 10.1 Å². The molecule has 0 radical (unpaired) electrons. The molecule has 1 aliphatic carbocycles. The number of amides is 1. The van der Waals surface area contributed by atoms with E-state index in [0.717, 1.165) is 29.0 Å². The highest BCUT2D eigenvalue weighted by atomic mass is 16.5. The van der Waals surface area contributed by atoms with Crippen LogP contribution in [0.4, 0.5) is 5.69 Å². The van der Waals surface area contributed by atoms with E-state index >= 15 is 0 Å². The predicted octanol–water partition coefficient (Wildman–Crippen LogP) is 8.20. The van der Waals surface area contributed by atoms with Gasteiger partial charge in [-0.15, -0.1) is 0 Å². The summed E-state index contributed by atoms with van der Waals surface area (Å²) in [4.78, 5) is 29.0. The third-order valence-electron chi connectivity index (χ3n) is 7.78. The number of aliphatic imine (C=N–C) groups is 1. The fraction of sp³-hybridized carbons (Fsp3) is 0.324. The van der Waals surface area contributed by atoms with Gasteiger partial charge in [-0.25, -0.2) is 4.79 Å². The molecule has 3 aromatic rings. The summed E-state index contributed by atoms with van der Waals surface area (Å²) >= 11 is 0. The van der Waals surface area contributed by atoms with Crippen molar-refractivity contribution in [2.45, 2.75) is 64.2 Å². The van der Waals surface area contributed by atoms with Gasteiger partial charge in [-0.3, -0.25) is 9.79 Å². The Kier molecular flexibility index (Phi) is 7.88. The second-order valence-corrected chi connectivity index (χ2v) is 11.8. The molecule has 1 heterocycles. The van der Waals surface area contributed by atoms with Crippen LogP contribution >= 0.6 is 0 Å². The van der Waals surface area contributed by atoms with Crippen molar-refractivity contribution in [1.29, 1.82) is 0 Å². The lowest BCUT2D eigenvalue weighted by molar-refractivity contribution is -0.112. The molecule has 1 unspecified atom stereocenters. The molecule has 206 valence electrons. The first-order chi connectivity index (χ1) is 19.2. The fourth-order valence-electron chi connectivity index (χ4n) is 5.47. The Morgan fingerprint density at radius 1 is 0.950 bits per heavy atom. The average molecular weight is 537 g/mol. The van der Waals surface area contributed by atoms with Crippen LogP contribution in [0.1, 0.15) is 85.8 Å². The molecule has 5 rings (SSSR count). The van der Waals surface area contributed by atoms with E-state index in [1.54, 1.807) is 12.1 Å². The maximum absolute atomic E-state index is 13.2. The molecule has 0 spiro atoms. The fourth-order valence-corrected chi connectivity index (χ4v) is 5.47. The minimum Gasteiger partial charge on any atom is -0.478 e. The predicted molar refractivity (Wildman–Crippen MR) is 159 cm³/mol. The SMILES string of the molecule is CC(C)(C)c1ccc(Oc2ccc3c(c2)C(CC2CCCC2)C=NC(C(=O)Nc2ccc(C(=O)O)cc2)=C3)cc1. The quantitative estimate of drug-likeness (QED) is 0.318. The number of hydrogen-bond donors (Lipinski definition) is 2. The third-order valence-corrected chi connectivity index (χ3v) is 7.78. The number of nitrogens with zero attached hydrogens (tertiary/aromatic N) is 1. The van der Waals surface area contributed by atoms with Crippen molar-refractivity contribution < 1.29 is 19.4 Å². The van der Waals surface area contributed by atoms with Gasteiger partial charge in [0.15, 0.2) is 0 Å². The molecule has 6 heteroatoms. The number of benzene rings is 3. The first kappa shape index (κ1) is 27.4. The summed E-state index contributed by atoms with van der Waals surface area (Å²) < 4.78 is 6.26. The Morgan fingerprint density at radius 3 is 2.27 bits per heavy atom. The molecule has 2 aliphatic rings. The number of aromatic carboxylic acids is 1. The molecular formula is C34H36N2O4. The van der Waals surface area contributed by atoms with E-state index in [2.05, 4.69) is 49.3 Å². The van der Waals surface area contributed by atoms with Crippen LogP contribution in [0, 0.1) is 5.92 Å². The van der Waals surface area contributed by atoms with Crippen molar-refractivity contribution in [3.63, 3.8) is 0 Å². The van der Waals surface area contributed by atoms with E-state index in [0.29, 0.717) is 17.3 Å². The number of nitrogens with one attached hydrogen (secondary N) is 1. The lowest BCUT2D eigenvalue weighted by Gasteiger charge is -2.20. The molecule has 1 atom stereocenters. The van der Waals surface area contributed by atoms with Gasteiger partial charge in [0, 0.05) is 17.8 Å². The lowest BCUT2D eigenvalue weighted by Crippen LogP contribution is -2.13. The number of fused-ring (bicyclic) bond motifs is 1. The lowest BCUT2D eigenvalue weighted by atomic mass is 9.86. The highest BCUT2D eigenvalue weighted by Gasteiger charge is 2.25. The van der Waals surface area contributed by atoms with Crippen LogP contribution in [0.25, 0.3) is 6.08 Å². The smallest absolute Gasteiger partial charge is 0.335 e. The van der Waals surface area contributed by atoms with Gasteiger partial charge in [-0.05, 0) is 89.1 Å². The Balaban J connectivity index is 1.40. The van der Waals surface area contributed by atoms with E-state index in [4.69, 9.17) is 9.84 Å². The van der Waals surface area contributed by atoms with Gasteiger partial charge < -0.3 is 15.2 Å². The van der Waals surface area contributed by atoms with E-state index in [9.17, 15) is 9.59 Å². The third kappa shape index (κ3) is 6.50. The Labute approximate surface area is 235 Å². The zero-order chi connectivity index (χ0) is 28.3. The number of hydrogen-bond acceptors (Lipinski definition) is 4. The van der Waals surface area contributed by atoms with Gasteiger partial charge in [-0.1, -0.05) is 64.7 Å². The molecule has 1 saturated carbocycles. The molecule has 2 N–H and O–H groups in total. The zero-order valence-corrected chi connectivity index (χ0v) is 23.3. The highest BCUT2D eigenvalue weighted by molar-refractivity contribution is 6.08. The second-order valence-electron chi connectivity index (χ2n) is 11.8. The van der Waals surface area contributed by atoms with Crippen LogP contribution in [0.2, 0.25) is 0 Å². The van der Waals surface area contributed by atoms with E-state index in [1.807, 2.05) is 36.6 Å². The summed E-state index contributed by atoms with van der Waals surface area (Å²) in [6.07, 6.45) is 9.70. The Bertz CT molecular complexity index is 1440. The Hall–Kier alpha value is -4.19. The van der Waals surface area contributed by atoms with Crippen molar-refractivity contribution in [2.24, 2.45) is 10.9 Å². The van der Waals surface area contributed by atoms with Crippen molar-refractivity contribution in [1.82, 2.24) is 0 Å². The highest BCUT2D eigenvalue weighted by Crippen LogP contribution is 2.38. The summed E-state index contributed by atoms with van der Waals surface area (Å²) in [7, 11) is 0. The first-order valence-corrected chi connectivity index (χ1v) is 14.0. The molecule has 40 heavy (non-hydrogen) atoms. The molecule has 1 aliphatic heterocycles. The number of carbonyl (C=O) groups excluding carboxylic acids is 1. The van der Waals surface area contributed by atoms with Gasteiger partial charge in [0.05, 0.1) is 5.56 Å². The van der Waals surface area contributed by atoms with Crippen molar-refractivity contribution in [3.05, 3.63) is 94.7 Å². The monoisotopic (exact) mass is 536 g/mol. The van der Waals surface area contributed by atoms with E-state index in [1.165, 1.54) is 43.4 Å². The van der Waals surface area contributed by atoms with Crippen LogP contribution in [0.15, 0.2) is 77.4 Å². The van der Waals surface area contributed by atoms with Gasteiger partial charge in [0.2, 0.25) is 0 Å². The maximum Gasteiger partial charge on any atom is 0.335 e. The van der Waals surface area contributed by atoms with Crippen LogP contribution in [0.5, 0.6) is 11.5 Å². The minimum atomic E-state index is -1.01. The zero-order valence-electron chi connectivity index (χ0n) is 23.3. The summed E-state index contributed by atoms with van der Waals surface area (Å²) in [6.45, 7) is 6.58. The second kappa shape index (κ2) is 11.5. The average Bonchev–Trinajstić information content (AvgIpc) is 3.37. The summed E-state index contributed by atoms with van der Waals surface area (Å²) in [5, 5.41) is 12.0. The van der Waals surface area contributed by atoms with Crippen LogP contribution in [0.3, 0.4) is 0 Å². The van der Waals surface area contributed by atoms with E-state index in [-0.39, 0.29) is 22.8 Å². The number of ether oxygens (including phenoxy) is 1. The normalized spacial score (nSPS) is 17.1. The number of carbonyl (C=O) groups is 2. The molecule has 6 nitrogen and oxygen atoms in total. The first-order valence-electron chi connectivity index (χ1n) is 14.0. The van der Waals surface area contributed by atoms with Crippen LogP contribution in [-0.4, -0.2) is 23.2 Å². The standard InChI is InChI=1S/C34H36N2O4/c1-34(2,3)26-11-16-28(17-12-26)40-29-15-10-24-19-31(32(37)36-27-13-8-23(9-14-27)33(38)39)35-21-25(30(24)20-29)18-22-6-4-5-7-22/h8-17,19-22,25H,4-7,18H2,1-3H3,(H,36,37)(H,38,39). The van der Waals surface area contributed by atoms with Crippen molar-refractivity contribution in [2.75, 3.05) is 5.32 Å². The number of carboxylic acid groups (broad SMARTS) is 1. The van der Waals surface area contributed by atoms with Gasteiger partial charge in [-0.2, -0.15) is 0 Å². The molecule has 0 bridgehead atoms. The summed E-state index contributed by atoms with van der Waals surface area (Å²) in [5.41, 5.74) is 4.37. The number of rotatable bonds is 7. The van der Waals surface area contributed by atoms with Gasteiger partial charge in [0.25, 0.3) is 5.91 Å².